The Labute approximate surface area is 182 Å². The second kappa shape index (κ2) is 9.38. The van der Waals surface area contributed by atoms with E-state index in [1.54, 1.807) is 18.2 Å². The van der Waals surface area contributed by atoms with Crippen LogP contribution in [0.4, 0.5) is 11.4 Å². The molecule has 30 heavy (non-hydrogen) atoms. The summed E-state index contributed by atoms with van der Waals surface area (Å²) in [6.45, 7) is 11.0. The molecule has 0 unspecified atom stereocenters. The van der Waals surface area contributed by atoms with Gasteiger partial charge in [-0.1, -0.05) is 11.6 Å². The normalized spacial score (nSPS) is 14.7. The highest BCUT2D eigenvalue weighted by molar-refractivity contribution is 6.31. The average molecular weight is 427 g/mol. The molecule has 1 saturated heterocycles. The Morgan fingerprint density at radius 2 is 1.97 bits per heavy atom. The van der Waals surface area contributed by atoms with Crippen LogP contribution in [0, 0.1) is 25.2 Å². The third kappa shape index (κ3) is 4.69. The zero-order valence-corrected chi connectivity index (χ0v) is 18.6. The number of hydrogen-bond donors (Lipinski definition) is 1. The van der Waals surface area contributed by atoms with Gasteiger partial charge in [0.15, 0.2) is 0 Å². The number of carbonyl (C=O) groups is 1. The van der Waals surface area contributed by atoms with Gasteiger partial charge >= 0.3 is 0 Å². The van der Waals surface area contributed by atoms with Crippen molar-refractivity contribution in [2.75, 3.05) is 36.5 Å². The molecule has 2 heterocycles. The molecule has 0 spiro atoms. The smallest absolute Gasteiger partial charge is 0.266 e. The van der Waals surface area contributed by atoms with Gasteiger partial charge in [0.25, 0.3) is 5.91 Å². The van der Waals surface area contributed by atoms with Gasteiger partial charge in [-0.3, -0.25) is 4.79 Å². The number of aromatic nitrogens is 1. The van der Waals surface area contributed by atoms with Crippen molar-refractivity contribution in [2.45, 2.75) is 33.7 Å². The topological polar surface area (TPSA) is 70.3 Å². The van der Waals surface area contributed by atoms with Crippen LogP contribution in [-0.4, -0.2) is 36.8 Å². The van der Waals surface area contributed by atoms with E-state index in [1.807, 2.05) is 32.0 Å². The molecule has 158 valence electrons. The maximum Gasteiger partial charge on any atom is 0.266 e. The lowest BCUT2D eigenvalue weighted by molar-refractivity contribution is -0.112. The molecule has 1 fully saturated rings. The van der Waals surface area contributed by atoms with E-state index < -0.39 is 5.91 Å². The molecule has 1 amide bonds. The highest BCUT2D eigenvalue weighted by atomic mass is 35.5. The van der Waals surface area contributed by atoms with Crippen LogP contribution in [0.15, 0.2) is 29.8 Å². The van der Waals surface area contributed by atoms with Gasteiger partial charge in [0, 0.05) is 35.5 Å². The Morgan fingerprint density at radius 1 is 1.27 bits per heavy atom. The minimum atomic E-state index is -0.455. The van der Waals surface area contributed by atoms with Crippen LogP contribution in [-0.2, 0) is 9.53 Å². The maximum absolute atomic E-state index is 12.9. The molecule has 0 atom stereocenters. The molecule has 0 radical (unpaired) electrons. The molecule has 1 aliphatic rings. The van der Waals surface area contributed by atoms with Crippen LogP contribution >= 0.6 is 11.6 Å². The standard InChI is InChI=1S/C23H27ClN4O2/c1-15(2)28-16(3)11-18(17(28)4)12-19(14-25)23(29)26-21-13-20(24)5-6-22(21)27-7-9-30-10-8-27/h5-6,11-13,15H,7-10H2,1-4H3,(H,26,29)/b19-12+. The van der Waals surface area contributed by atoms with E-state index in [1.165, 1.54) is 0 Å². The highest BCUT2D eigenvalue weighted by Gasteiger charge is 2.19. The van der Waals surface area contributed by atoms with Crippen LogP contribution < -0.4 is 10.2 Å². The molecule has 7 heteroatoms. The first-order valence-corrected chi connectivity index (χ1v) is 10.4. The van der Waals surface area contributed by atoms with Gasteiger partial charge < -0.3 is 19.5 Å². The van der Waals surface area contributed by atoms with Crippen LogP contribution in [0.5, 0.6) is 0 Å². The van der Waals surface area contributed by atoms with Gasteiger partial charge in [-0.15, -0.1) is 0 Å². The van der Waals surface area contributed by atoms with Gasteiger partial charge in [0.1, 0.15) is 11.6 Å². The number of carbonyl (C=O) groups excluding carboxylic acids is 1. The van der Waals surface area contributed by atoms with Crippen molar-refractivity contribution in [3.8, 4) is 6.07 Å². The van der Waals surface area contributed by atoms with Gasteiger partial charge in [-0.25, -0.2) is 0 Å². The average Bonchev–Trinajstić information content (AvgIpc) is 2.99. The van der Waals surface area contributed by atoms with Crippen molar-refractivity contribution in [2.24, 2.45) is 0 Å². The number of nitriles is 1. The highest BCUT2D eigenvalue weighted by Crippen LogP contribution is 2.30. The van der Waals surface area contributed by atoms with Crippen molar-refractivity contribution >= 4 is 35.0 Å². The molecule has 1 aromatic heterocycles. The summed E-state index contributed by atoms with van der Waals surface area (Å²) in [6.07, 6.45) is 1.65. The third-order valence-corrected chi connectivity index (χ3v) is 5.50. The Morgan fingerprint density at radius 3 is 2.57 bits per heavy atom. The Hall–Kier alpha value is -2.75. The zero-order chi connectivity index (χ0) is 21.8. The second-order valence-electron chi connectivity index (χ2n) is 7.68. The van der Waals surface area contributed by atoms with Crippen LogP contribution in [0.3, 0.4) is 0 Å². The number of rotatable bonds is 5. The number of aryl methyl sites for hydroxylation is 1. The van der Waals surface area contributed by atoms with E-state index in [0.29, 0.717) is 30.0 Å². The number of ether oxygens (including phenoxy) is 1. The lowest BCUT2D eigenvalue weighted by Gasteiger charge is -2.30. The van der Waals surface area contributed by atoms with E-state index in [9.17, 15) is 10.1 Å². The molecule has 1 aliphatic heterocycles. The lowest BCUT2D eigenvalue weighted by atomic mass is 10.1. The van der Waals surface area contributed by atoms with E-state index in [2.05, 4.69) is 28.6 Å². The van der Waals surface area contributed by atoms with Crippen molar-refractivity contribution in [3.05, 3.63) is 51.8 Å². The van der Waals surface area contributed by atoms with Gasteiger partial charge in [-0.2, -0.15) is 5.26 Å². The number of benzene rings is 1. The van der Waals surface area contributed by atoms with Crippen molar-refractivity contribution < 1.29 is 9.53 Å². The second-order valence-corrected chi connectivity index (χ2v) is 8.11. The molecule has 2 aromatic rings. The quantitative estimate of drug-likeness (QED) is 0.554. The van der Waals surface area contributed by atoms with E-state index in [0.717, 1.165) is 35.7 Å². The third-order valence-electron chi connectivity index (χ3n) is 5.26. The first kappa shape index (κ1) is 21.9. The fraction of sp³-hybridized carbons (Fsp3) is 0.391. The summed E-state index contributed by atoms with van der Waals surface area (Å²) in [5.41, 5.74) is 4.49. The maximum atomic E-state index is 12.9. The fourth-order valence-electron chi connectivity index (χ4n) is 3.93. The Bertz CT molecular complexity index is 1010. The van der Waals surface area contributed by atoms with Crippen LogP contribution in [0.25, 0.3) is 6.08 Å². The minimum Gasteiger partial charge on any atom is -0.378 e. The Kier molecular flexibility index (Phi) is 6.86. The molecular formula is C23H27ClN4O2. The van der Waals surface area contributed by atoms with Crippen molar-refractivity contribution in [3.63, 3.8) is 0 Å². The number of nitrogens with zero attached hydrogens (tertiary/aromatic N) is 3. The number of morpholine rings is 1. The molecular weight excluding hydrogens is 400 g/mol. The van der Waals surface area contributed by atoms with E-state index in [-0.39, 0.29) is 5.57 Å². The van der Waals surface area contributed by atoms with Gasteiger partial charge in [0.2, 0.25) is 0 Å². The monoisotopic (exact) mass is 426 g/mol. The number of halogens is 1. The van der Waals surface area contributed by atoms with Gasteiger partial charge in [0.05, 0.1) is 24.6 Å². The SMILES string of the molecule is Cc1cc(/C=C(\C#N)C(=O)Nc2cc(Cl)ccc2N2CCOCC2)c(C)n1C(C)C. The molecule has 0 bridgehead atoms. The summed E-state index contributed by atoms with van der Waals surface area (Å²) in [5, 5.41) is 13.0. The summed E-state index contributed by atoms with van der Waals surface area (Å²) in [7, 11) is 0. The van der Waals surface area contributed by atoms with Crippen LogP contribution in [0.2, 0.25) is 5.02 Å². The number of anilines is 2. The Balaban J connectivity index is 1.90. The molecule has 0 saturated carbocycles. The molecule has 1 N–H and O–H groups in total. The molecule has 6 nitrogen and oxygen atoms in total. The first-order chi connectivity index (χ1) is 14.3. The van der Waals surface area contributed by atoms with Crippen LogP contribution in [0.1, 0.15) is 36.8 Å². The summed E-state index contributed by atoms with van der Waals surface area (Å²) in [6, 6.07) is 9.73. The molecule has 0 aliphatic carbocycles. The number of hydrogen-bond acceptors (Lipinski definition) is 4. The zero-order valence-electron chi connectivity index (χ0n) is 17.8. The number of nitrogens with one attached hydrogen (secondary N) is 1. The lowest BCUT2D eigenvalue weighted by Crippen LogP contribution is -2.36. The summed E-state index contributed by atoms with van der Waals surface area (Å²) < 4.78 is 7.60. The minimum absolute atomic E-state index is 0.0481. The number of amides is 1. The molecule has 1 aromatic carbocycles. The largest absolute Gasteiger partial charge is 0.378 e. The summed E-state index contributed by atoms with van der Waals surface area (Å²) >= 11 is 6.18. The fourth-order valence-corrected chi connectivity index (χ4v) is 4.10. The first-order valence-electron chi connectivity index (χ1n) is 10.1. The summed E-state index contributed by atoms with van der Waals surface area (Å²) in [4.78, 5) is 15.1. The van der Waals surface area contributed by atoms with E-state index in [4.69, 9.17) is 16.3 Å². The van der Waals surface area contributed by atoms with Gasteiger partial charge in [-0.05, 0) is 63.6 Å². The predicted octanol–water partition coefficient (Wildman–Crippen LogP) is 4.72. The van der Waals surface area contributed by atoms with Crippen molar-refractivity contribution in [1.82, 2.24) is 4.57 Å². The molecule has 3 rings (SSSR count). The van der Waals surface area contributed by atoms with E-state index >= 15 is 0 Å². The van der Waals surface area contributed by atoms with Crippen molar-refractivity contribution in [1.29, 1.82) is 5.26 Å². The predicted molar refractivity (Wildman–Crippen MR) is 121 cm³/mol. The summed E-state index contributed by atoms with van der Waals surface area (Å²) in [5.74, 6) is -0.455.